The highest BCUT2D eigenvalue weighted by Gasteiger charge is 2.39. The molecular formula is C11H7F12NO8S. The van der Waals surface area contributed by atoms with Gasteiger partial charge < -0.3 is 20.4 Å². The maximum Gasteiger partial charge on any atom is 0.490 e. The lowest BCUT2D eigenvalue weighted by Gasteiger charge is -1.93. The Kier molecular flexibility index (Phi) is 17.3. The maximum absolute atomic E-state index is 10.6. The van der Waals surface area contributed by atoms with Crippen molar-refractivity contribution >= 4 is 35.2 Å². The Balaban J connectivity index is -0.000000160. The molecule has 0 fully saturated rings. The summed E-state index contributed by atoms with van der Waals surface area (Å²) in [4.78, 5) is 39.3. The first kappa shape index (κ1) is 37.0. The molecule has 0 bridgehead atoms. The number of thiazole rings is 1. The number of carbonyl (C=O) groups is 4. The molecule has 0 aliphatic rings. The quantitative estimate of drug-likeness (QED) is 0.359. The summed E-state index contributed by atoms with van der Waals surface area (Å²) in [7, 11) is 0. The predicted molar refractivity (Wildman–Crippen MR) is 76.9 cm³/mol. The molecule has 0 unspecified atom stereocenters. The monoisotopic (exact) mass is 541 g/mol. The SMILES string of the molecule is O=C(O)C(F)(F)F.O=C(O)C(F)(F)F.O=C(O)C(F)(F)F.O=C(O)C(F)(F)F.c1cscn1. The summed E-state index contributed by atoms with van der Waals surface area (Å²) >= 11 is 1.60. The average Bonchev–Trinajstić information content (AvgIpc) is 3.12. The molecule has 33 heavy (non-hydrogen) atoms. The second-order valence-corrected chi connectivity index (χ2v) is 4.64. The highest BCUT2D eigenvalue weighted by Crippen LogP contribution is 2.14. The van der Waals surface area contributed by atoms with Crippen molar-refractivity contribution in [3.05, 3.63) is 17.1 Å². The molecule has 1 aromatic rings. The minimum Gasteiger partial charge on any atom is -0.475 e. The second kappa shape index (κ2) is 15.5. The smallest absolute Gasteiger partial charge is 0.475 e. The lowest BCUT2D eigenvalue weighted by atomic mass is 10.7. The zero-order valence-electron chi connectivity index (χ0n) is 14.5. The Hall–Kier alpha value is -3.33. The first-order valence-electron chi connectivity index (χ1n) is 6.30. The van der Waals surface area contributed by atoms with Crippen LogP contribution in [0, 0.1) is 0 Å². The summed E-state index contributed by atoms with van der Waals surface area (Å²) in [6, 6.07) is 0. The van der Waals surface area contributed by atoms with Crippen LogP contribution >= 0.6 is 11.3 Å². The fourth-order valence-electron chi connectivity index (χ4n) is 0.176. The van der Waals surface area contributed by atoms with E-state index in [1.54, 1.807) is 23.0 Å². The third kappa shape index (κ3) is 30.9. The van der Waals surface area contributed by atoms with Crippen LogP contribution in [0.3, 0.4) is 0 Å². The number of halogens is 12. The van der Waals surface area contributed by atoms with Crippen LogP contribution in [0.25, 0.3) is 0 Å². The highest BCUT2D eigenvalue weighted by molar-refractivity contribution is 7.07. The molecule has 22 heteroatoms. The zero-order chi connectivity index (χ0) is 27.8. The molecule has 9 nitrogen and oxygen atoms in total. The van der Waals surface area contributed by atoms with Gasteiger partial charge in [0, 0.05) is 11.6 Å². The van der Waals surface area contributed by atoms with Crippen molar-refractivity contribution in [2.24, 2.45) is 0 Å². The van der Waals surface area contributed by atoms with E-state index in [1.807, 2.05) is 5.38 Å². The van der Waals surface area contributed by atoms with E-state index in [-0.39, 0.29) is 0 Å². The number of aromatic nitrogens is 1. The zero-order valence-corrected chi connectivity index (χ0v) is 15.4. The number of rotatable bonds is 0. The number of nitrogens with zero attached hydrogens (tertiary/aromatic N) is 1. The molecule has 0 saturated carbocycles. The summed E-state index contributed by atoms with van der Waals surface area (Å²) in [5.74, 6) is -11.0. The third-order valence-corrected chi connectivity index (χ3v) is 1.84. The van der Waals surface area contributed by atoms with Crippen LogP contribution in [0.15, 0.2) is 17.1 Å². The van der Waals surface area contributed by atoms with Crippen molar-refractivity contribution in [2.45, 2.75) is 24.7 Å². The van der Waals surface area contributed by atoms with Gasteiger partial charge in [0.05, 0.1) is 5.51 Å². The van der Waals surface area contributed by atoms with Gasteiger partial charge in [0.1, 0.15) is 0 Å². The Morgan fingerprint density at radius 2 is 0.727 bits per heavy atom. The first-order chi connectivity index (χ1) is 14.3. The van der Waals surface area contributed by atoms with Crippen LogP contribution < -0.4 is 0 Å². The fourth-order valence-corrected chi connectivity index (χ4v) is 0.527. The molecule has 1 aromatic heterocycles. The van der Waals surface area contributed by atoms with Gasteiger partial charge in [-0.1, -0.05) is 0 Å². The van der Waals surface area contributed by atoms with Crippen molar-refractivity contribution in [1.82, 2.24) is 4.98 Å². The highest BCUT2D eigenvalue weighted by atomic mass is 32.1. The Morgan fingerprint density at radius 3 is 0.758 bits per heavy atom. The normalized spacial score (nSPS) is 10.8. The molecule has 1 rings (SSSR count). The van der Waals surface area contributed by atoms with Crippen LogP contribution in [-0.2, 0) is 19.2 Å². The molecule has 0 atom stereocenters. The summed E-state index contributed by atoms with van der Waals surface area (Å²) in [6.45, 7) is 0. The number of hydrogen-bond donors (Lipinski definition) is 4. The second-order valence-electron chi connectivity index (χ2n) is 3.89. The lowest BCUT2D eigenvalue weighted by Crippen LogP contribution is -2.21. The molecular weight excluding hydrogens is 534 g/mol. The number of hydrogen-bond acceptors (Lipinski definition) is 6. The number of aliphatic carboxylic acids is 4. The van der Waals surface area contributed by atoms with Gasteiger partial charge >= 0.3 is 48.6 Å². The van der Waals surface area contributed by atoms with Crippen molar-refractivity contribution < 1.29 is 92.3 Å². The fraction of sp³-hybridized carbons (Fsp3) is 0.364. The van der Waals surface area contributed by atoms with Gasteiger partial charge in [-0.3, -0.25) is 4.98 Å². The van der Waals surface area contributed by atoms with E-state index in [4.69, 9.17) is 39.6 Å². The van der Waals surface area contributed by atoms with E-state index < -0.39 is 48.6 Å². The largest absolute Gasteiger partial charge is 0.490 e. The average molecular weight is 541 g/mol. The van der Waals surface area contributed by atoms with Crippen LogP contribution in [0.4, 0.5) is 52.7 Å². The molecule has 0 radical (unpaired) electrons. The van der Waals surface area contributed by atoms with Crippen molar-refractivity contribution in [3.63, 3.8) is 0 Å². The molecule has 0 amide bonds. The van der Waals surface area contributed by atoms with Gasteiger partial charge in [0.15, 0.2) is 0 Å². The summed E-state index contributed by atoms with van der Waals surface area (Å²) in [6.07, 6.45) is -18.6. The summed E-state index contributed by atoms with van der Waals surface area (Å²) < 4.78 is 127. The summed E-state index contributed by atoms with van der Waals surface area (Å²) in [5, 5.41) is 30.4. The van der Waals surface area contributed by atoms with Crippen molar-refractivity contribution in [2.75, 3.05) is 0 Å². The van der Waals surface area contributed by atoms with Gasteiger partial charge in [-0.05, 0) is 0 Å². The maximum atomic E-state index is 10.6. The third-order valence-electron chi connectivity index (χ3n) is 1.32. The molecule has 1 heterocycles. The molecule has 0 aliphatic heterocycles. The molecule has 4 N–H and O–H groups in total. The minimum atomic E-state index is -5.08. The van der Waals surface area contributed by atoms with Gasteiger partial charge in [0.2, 0.25) is 0 Å². The topological polar surface area (TPSA) is 162 Å². The van der Waals surface area contributed by atoms with E-state index in [0.29, 0.717) is 0 Å². The summed E-state index contributed by atoms with van der Waals surface area (Å²) in [5.41, 5.74) is 1.79. The molecule has 194 valence electrons. The van der Waals surface area contributed by atoms with E-state index in [0.717, 1.165) is 0 Å². The van der Waals surface area contributed by atoms with Crippen LogP contribution in [0.2, 0.25) is 0 Å². The van der Waals surface area contributed by atoms with E-state index in [2.05, 4.69) is 4.98 Å². The van der Waals surface area contributed by atoms with Crippen LogP contribution in [0.1, 0.15) is 0 Å². The number of carboxylic acid groups (broad SMARTS) is 4. The Morgan fingerprint density at radius 1 is 0.545 bits per heavy atom. The molecule has 0 aromatic carbocycles. The Labute approximate surface area is 175 Å². The van der Waals surface area contributed by atoms with E-state index in [1.165, 1.54) is 0 Å². The van der Waals surface area contributed by atoms with Crippen LogP contribution in [0.5, 0.6) is 0 Å². The van der Waals surface area contributed by atoms with Gasteiger partial charge in [0.25, 0.3) is 0 Å². The molecule has 0 spiro atoms. The van der Waals surface area contributed by atoms with Crippen LogP contribution in [-0.4, -0.2) is 74.0 Å². The van der Waals surface area contributed by atoms with Crippen molar-refractivity contribution in [1.29, 1.82) is 0 Å². The number of carboxylic acids is 4. The molecule has 0 saturated heterocycles. The molecule has 0 aliphatic carbocycles. The van der Waals surface area contributed by atoms with Gasteiger partial charge in [-0.2, -0.15) is 52.7 Å². The van der Waals surface area contributed by atoms with Gasteiger partial charge in [-0.25, -0.2) is 19.2 Å². The Bertz CT molecular complexity index is 596. The van der Waals surface area contributed by atoms with E-state index in [9.17, 15) is 52.7 Å². The standard InChI is InChI=1S/C3H3NS.4C2HF3O2/c1-2-5-3-4-1;4*3-2(4,5)1(6)7/h1-3H;4*(H,6,7). The minimum absolute atomic E-state index is 1.60. The predicted octanol–water partition coefficient (Wildman–Crippen LogP) is 3.68. The van der Waals surface area contributed by atoms with E-state index >= 15 is 0 Å². The number of alkyl halides is 12. The first-order valence-corrected chi connectivity index (χ1v) is 7.24. The van der Waals surface area contributed by atoms with Crippen molar-refractivity contribution in [3.8, 4) is 0 Å². The van der Waals surface area contributed by atoms with Gasteiger partial charge in [-0.15, -0.1) is 11.3 Å². The lowest BCUT2D eigenvalue weighted by molar-refractivity contribution is -0.193.